The van der Waals surface area contributed by atoms with Gasteiger partial charge in [-0.05, 0) is 111 Å². The Morgan fingerprint density at radius 2 is 1.68 bits per heavy atom. The number of fused-ring (bicyclic) bond motifs is 1. The van der Waals surface area contributed by atoms with E-state index >= 15 is 0 Å². The van der Waals surface area contributed by atoms with E-state index in [1.54, 1.807) is 14.2 Å². The highest BCUT2D eigenvalue weighted by Crippen LogP contribution is 2.52. The molecule has 2 aromatic carbocycles. The number of hydrogen-bond acceptors (Lipinski definition) is 5. The second-order valence-electron chi connectivity index (χ2n) is 12.8. The van der Waals surface area contributed by atoms with E-state index < -0.39 is 0 Å². The molecule has 1 spiro atoms. The Morgan fingerprint density at radius 3 is 2.37 bits per heavy atom. The zero-order valence-electron chi connectivity index (χ0n) is 23.5. The fourth-order valence-corrected chi connectivity index (χ4v) is 7.70. The summed E-state index contributed by atoms with van der Waals surface area (Å²) in [5.74, 6) is 4.10. The number of imidazole rings is 1. The molecule has 3 aromatic rings. The number of methoxy groups -OCH3 is 2. The normalized spacial score (nSPS) is 22.5. The number of benzene rings is 2. The van der Waals surface area contributed by atoms with Crippen LogP contribution in [-0.2, 0) is 7.05 Å². The maximum atomic E-state index is 5.55. The zero-order chi connectivity index (χ0) is 26.0. The first-order chi connectivity index (χ1) is 18.4. The van der Waals surface area contributed by atoms with Crippen LogP contribution in [-0.4, -0.2) is 72.3 Å². The van der Waals surface area contributed by atoms with Gasteiger partial charge >= 0.3 is 0 Å². The summed E-state index contributed by atoms with van der Waals surface area (Å²) in [6.07, 6.45) is 8.38. The van der Waals surface area contributed by atoms with Crippen molar-refractivity contribution in [2.45, 2.75) is 57.4 Å². The van der Waals surface area contributed by atoms with Crippen LogP contribution >= 0.6 is 0 Å². The van der Waals surface area contributed by atoms with Crippen LogP contribution in [0.4, 0.5) is 0 Å². The monoisotopic (exact) mass is 514 g/mol. The van der Waals surface area contributed by atoms with Gasteiger partial charge in [0.05, 0.1) is 25.3 Å². The maximum Gasteiger partial charge on any atom is 0.161 e. The fourth-order valence-electron chi connectivity index (χ4n) is 7.70. The molecule has 2 aliphatic heterocycles. The summed E-state index contributed by atoms with van der Waals surface area (Å²) in [7, 11) is 5.48. The number of hydrogen-bond donors (Lipinski definition) is 0. The van der Waals surface area contributed by atoms with Crippen LogP contribution in [0.5, 0.6) is 11.5 Å². The Hall–Kier alpha value is -2.57. The van der Waals surface area contributed by atoms with E-state index in [-0.39, 0.29) is 0 Å². The van der Waals surface area contributed by atoms with Crippen LogP contribution < -0.4 is 9.47 Å². The van der Waals surface area contributed by atoms with Gasteiger partial charge in [0.2, 0.25) is 0 Å². The predicted octanol–water partition coefficient (Wildman–Crippen LogP) is 5.62. The first-order valence-electron chi connectivity index (χ1n) is 14.6. The number of aromatic nitrogens is 2. The van der Waals surface area contributed by atoms with Crippen molar-refractivity contribution in [3.05, 3.63) is 41.5 Å². The fraction of sp³-hybridized carbons (Fsp3) is 0.594. The quantitative estimate of drug-likeness (QED) is 0.409. The highest BCUT2D eigenvalue weighted by molar-refractivity contribution is 5.84. The maximum absolute atomic E-state index is 5.55. The van der Waals surface area contributed by atoms with Crippen LogP contribution in [0.15, 0.2) is 30.3 Å². The number of ether oxygens (including phenoxy) is 2. The van der Waals surface area contributed by atoms with Gasteiger partial charge in [-0.25, -0.2) is 4.98 Å². The van der Waals surface area contributed by atoms with Gasteiger partial charge in [0.1, 0.15) is 5.82 Å². The molecule has 0 bridgehead atoms. The van der Waals surface area contributed by atoms with Crippen molar-refractivity contribution in [3.63, 3.8) is 0 Å². The molecule has 4 aliphatic rings. The standard InChI is InChI=1S/C32H42N4O2/c1-21-13-25(14-27-30(21)33-31(34(27)2)24-7-8-28(37-3)29(15-24)38-4)23-9-11-36(12-10-23)26-16-32(17-26)19-35(20-32)18-22-5-6-22/h7-8,13-15,22-23,26H,5-6,9-12,16-20H2,1-4H3. The third kappa shape index (κ3) is 4.21. The molecule has 3 heterocycles. The van der Waals surface area contributed by atoms with Crippen molar-refractivity contribution in [2.75, 3.05) is 46.9 Å². The molecule has 2 aliphatic carbocycles. The van der Waals surface area contributed by atoms with E-state index in [1.165, 1.54) is 87.9 Å². The van der Waals surface area contributed by atoms with Gasteiger partial charge in [-0.15, -0.1) is 0 Å². The van der Waals surface area contributed by atoms with Gasteiger partial charge in [-0.2, -0.15) is 0 Å². The number of likely N-dealkylation sites (tertiary alicyclic amines) is 2. The SMILES string of the molecule is COc1ccc(-c2nc3c(C)cc(C4CCN(C5CC6(C5)CN(CC5CC5)C6)CC4)cc3n2C)cc1OC. The molecule has 4 fully saturated rings. The molecule has 0 atom stereocenters. The van der Waals surface area contributed by atoms with E-state index in [1.807, 2.05) is 12.1 Å². The Labute approximate surface area is 226 Å². The van der Waals surface area contributed by atoms with Crippen LogP contribution in [0.25, 0.3) is 22.4 Å². The Bertz CT molecular complexity index is 1340. The molecule has 0 radical (unpaired) electrons. The summed E-state index contributed by atoms with van der Waals surface area (Å²) in [6.45, 7) is 8.85. The molecular formula is C32H42N4O2. The second kappa shape index (κ2) is 9.27. The average Bonchev–Trinajstić information content (AvgIpc) is 3.65. The highest BCUT2D eigenvalue weighted by atomic mass is 16.5. The van der Waals surface area contributed by atoms with E-state index in [4.69, 9.17) is 14.5 Å². The molecular weight excluding hydrogens is 472 g/mol. The van der Waals surface area contributed by atoms with Gasteiger partial charge in [0.25, 0.3) is 0 Å². The first-order valence-corrected chi connectivity index (χ1v) is 14.6. The summed E-state index contributed by atoms with van der Waals surface area (Å²) in [4.78, 5) is 10.6. The van der Waals surface area contributed by atoms with Crippen molar-refractivity contribution in [1.29, 1.82) is 0 Å². The smallest absolute Gasteiger partial charge is 0.161 e. The lowest BCUT2D eigenvalue weighted by Crippen LogP contribution is -2.67. The van der Waals surface area contributed by atoms with Crippen molar-refractivity contribution in [2.24, 2.45) is 18.4 Å². The van der Waals surface area contributed by atoms with E-state index in [0.717, 1.165) is 40.4 Å². The van der Waals surface area contributed by atoms with E-state index in [9.17, 15) is 0 Å². The number of rotatable bonds is 7. The topological polar surface area (TPSA) is 42.8 Å². The Balaban J connectivity index is 1.02. The van der Waals surface area contributed by atoms with Gasteiger partial charge < -0.3 is 23.8 Å². The van der Waals surface area contributed by atoms with Crippen molar-refractivity contribution in [1.82, 2.24) is 19.4 Å². The first kappa shape index (κ1) is 24.5. The molecule has 38 heavy (non-hydrogen) atoms. The third-order valence-corrected chi connectivity index (χ3v) is 10.0. The number of nitrogens with zero attached hydrogens (tertiary/aromatic N) is 4. The summed E-state index contributed by atoms with van der Waals surface area (Å²) < 4.78 is 13.2. The number of aryl methyl sites for hydroxylation is 2. The zero-order valence-corrected chi connectivity index (χ0v) is 23.5. The molecule has 0 unspecified atom stereocenters. The molecule has 6 nitrogen and oxygen atoms in total. The lowest BCUT2D eigenvalue weighted by atomic mass is 9.60. The summed E-state index contributed by atoms with van der Waals surface area (Å²) in [5, 5.41) is 0. The molecule has 6 heteroatoms. The molecule has 2 saturated carbocycles. The predicted molar refractivity (Wildman–Crippen MR) is 152 cm³/mol. The minimum atomic E-state index is 0.639. The lowest BCUT2D eigenvalue weighted by Gasteiger charge is -2.62. The van der Waals surface area contributed by atoms with E-state index in [2.05, 4.69) is 46.5 Å². The number of piperidine rings is 1. The van der Waals surface area contributed by atoms with Gasteiger partial charge in [0.15, 0.2) is 11.5 Å². The molecule has 1 aromatic heterocycles. The Morgan fingerprint density at radius 1 is 0.947 bits per heavy atom. The van der Waals surface area contributed by atoms with Crippen LogP contribution in [0, 0.1) is 18.3 Å². The highest BCUT2D eigenvalue weighted by Gasteiger charge is 2.54. The second-order valence-corrected chi connectivity index (χ2v) is 12.8. The van der Waals surface area contributed by atoms with Gasteiger partial charge in [-0.3, -0.25) is 0 Å². The van der Waals surface area contributed by atoms with Gasteiger partial charge in [0, 0.05) is 38.3 Å². The van der Waals surface area contributed by atoms with Crippen molar-refractivity contribution in [3.8, 4) is 22.9 Å². The largest absolute Gasteiger partial charge is 0.493 e. The van der Waals surface area contributed by atoms with Crippen LogP contribution in [0.3, 0.4) is 0 Å². The molecule has 7 rings (SSSR count). The third-order valence-electron chi connectivity index (χ3n) is 10.0. The summed E-state index contributed by atoms with van der Waals surface area (Å²) in [5.41, 5.74) is 6.78. The summed E-state index contributed by atoms with van der Waals surface area (Å²) in [6, 6.07) is 11.7. The molecule has 202 valence electrons. The average molecular weight is 515 g/mol. The molecule has 2 saturated heterocycles. The minimum Gasteiger partial charge on any atom is -0.493 e. The molecule has 0 amide bonds. The summed E-state index contributed by atoms with van der Waals surface area (Å²) >= 11 is 0. The Kier molecular flexibility index (Phi) is 5.97. The molecule has 0 N–H and O–H groups in total. The van der Waals surface area contributed by atoms with Crippen molar-refractivity contribution >= 4 is 11.0 Å². The van der Waals surface area contributed by atoms with Gasteiger partial charge in [-0.1, -0.05) is 6.07 Å². The van der Waals surface area contributed by atoms with Crippen LogP contribution in [0.1, 0.15) is 55.6 Å². The van der Waals surface area contributed by atoms with E-state index in [0.29, 0.717) is 11.3 Å². The van der Waals surface area contributed by atoms with Crippen molar-refractivity contribution < 1.29 is 9.47 Å². The lowest BCUT2D eigenvalue weighted by molar-refractivity contribution is -0.113. The minimum absolute atomic E-state index is 0.639. The van der Waals surface area contributed by atoms with Crippen LogP contribution in [0.2, 0.25) is 0 Å².